The Morgan fingerprint density at radius 3 is 2.27 bits per heavy atom. The van der Waals surface area contributed by atoms with Gasteiger partial charge < -0.3 is 37.2 Å². The Labute approximate surface area is 289 Å². The minimum atomic E-state index is -0.384. The third-order valence-electron chi connectivity index (χ3n) is 5.10. The first kappa shape index (κ1) is 48.4. The number of nitrogens with one attached hydrogen (secondary N) is 1. The van der Waals surface area contributed by atoms with Crippen LogP contribution < -0.4 is 11.1 Å². The Kier molecular flexibility index (Phi) is 35.1. The molecule has 2 aromatic heterocycles. The van der Waals surface area contributed by atoms with Gasteiger partial charge >= 0.3 is 31.1 Å². The van der Waals surface area contributed by atoms with Crippen LogP contribution >= 0.6 is 0 Å². The quantitative estimate of drug-likeness (QED) is 0.123. The van der Waals surface area contributed by atoms with E-state index in [4.69, 9.17) is 9.52 Å². The van der Waals surface area contributed by atoms with Crippen molar-refractivity contribution in [2.45, 2.75) is 81.3 Å². The van der Waals surface area contributed by atoms with Crippen LogP contribution in [-0.4, -0.2) is 53.5 Å². The Bertz CT molecular complexity index is 1140. The number of halogens is 1. The molecule has 0 fully saturated rings. The number of hydrogen-bond acceptors (Lipinski definition) is 6. The number of pyridine rings is 1. The molecule has 0 aliphatic carbocycles. The minimum absolute atomic E-state index is 0. The predicted octanol–water partition coefficient (Wildman–Crippen LogP) is 6.90. The molecule has 10 heteroatoms. The number of rotatable bonds is 9. The molecule has 2 heterocycles. The number of amides is 2. The van der Waals surface area contributed by atoms with Gasteiger partial charge in [0.15, 0.2) is 0 Å². The van der Waals surface area contributed by atoms with Crippen LogP contribution in [0.15, 0.2) is 53.1 Å². The van der Waals surface area contributed by atoms with E-state index in [1.807, 2.05) is 72.8 Å². The minimum Gasteiger partial charge on any atom is -0.514 e. The monoisotopic (exact) mass is 840 g/mol. The van der Waals surface area contributed by atoms with Crippen LogP contribution in [-0.2, 0) is 11.3 Å². The Morgan fingerprint density at radius 2 is 1.82 bits per heavy atom. The zero-order chi connectivity index (χ0) is 33.8. The Morgan fingerprint density at radius 1 is 1.20 bits per heavy atom. The molecule has 2 amide bonds. The number of benzene rings is 1. The van der Waals surface area contributed by atoms with Crippen LogP contribution in [0, 0.1) is 62.8 Å². The molecule has 44 heavy (non-hydrogen) atoms. The first-order chi connectivity index (χ1) is 20.6. The molecule has 0 aliphatic rings. The second-order valence-electron chi connectivity index (χ2n) is 8.74. The number of fused-ring (bicyclic) bond motifs is 1. The van der Waals surface area contributed by atoms with Gasteiger partial charge in [0.05, 0.1) is 23.8 Å². The number of aromatic nitrogens is 1. The fourth-order valence-electron chi connectivity index (χ4n) is 2.96. The van der Waals surface area contributed by atoms with Crippen LogP contribution in [0.4, 0.5) is 4.39 Å². The second kappa shape index (κ2) is 31.9. The molecule has 0 saturated heterocycles. The summed E-state index contributed by atoms with van der Waals surface area (Å²) in [5.41, 5.74) is 6.96. The maximum Gasteiger partial charge on any atom is 2.00 e. The van der Waals surface area contributed by atoms with Gasteiger partial charge in [-0.2, -0.15) is 0 Å². The number of aryl methyl sites for hydroxylation is 1. The van der Waals surface area contributed by atoms with E-state index in [0.717, 1.165) is 17.7 Å². The molecule has 1 unspecified atom stereocenters. The number of nitrogens with zero attached hydrogens (tertiary/aromatic N) is 2. The zero-order valence-electron chi connectivity index (χ0n) is 28.4. The third kappa shape index (κ3) is 21.2. The number of aliphatic hydroxyl groups excluding tert-OH is 1. The van der Waals surface area contributed by atoms with Crippen LogP contribution in [0.1, 0.15) is 83.6 Å². The smallest absolute Gasteiger partial charge is 0.514 e. The molecular weight excluding hydrogens is 785 g/mol. The van der Waals surface area contributed by atoms with E-state index in [-0.39, 0.29) is 54.6 Å². The van der Waals surface area contributed by atoms with Gasteiger partial charge in [-0.3, -0.25) is 9.78 Å². The van der Waals surface area contributed by atoms with Crippen LogP contribution in [0.3, 0.4) is 0 Å². The molecule has 246 valence electrons. The van der Waals surface area contributed by atoms with Crippen molar-refractivity contribution in [3.05, 3.63) is 84.5 Å². The van der Waals surface area contributed by atoms with Gasteiger partial charge in [-0.05, 0) is 50.9 Å². The summed E-state index contributed by atoms with van der Waals surface area (Å²) in [5.74, 6) is 0.0349. The third-order valence-corrected chi connectivity index (χ3v) is 5.10. The number of carbonyl (C=O) groups is 2. The van der Waals surface area contributed by atoms with Crippen molar-refractivity contribution in [2.24, 2.45) is 11.7 Å². The molecule has 3 aromatic rings. The fourth-order valence-corrected chi connectivity index (χ4v) is 2.96. The largest absolute Gasteiger partial charge is 2.00 e. The van der Waals surface area contributed by atoms with Crippen molar-refractivity contribution in [3.63, 3.8) is 0 Å². The number of hydrogen-bond donors (Lipinski definition) is 3. The summed E-state index contributed by atoms with van der Waals surface area (Å²) in [5, 5.41) is 11.3. The SMILES string of the molecule is CC.CC.CC(C)CCO.CN.Cc1cccnc1CNC=O.[CH2-]C(C)N(C/C=C/C)C(=O)c1[c-]c2cc(F)ccc2o1.[U+2]. The average Bonchev–Trinajstić information content (AvgIpc) is 3.44. The Hall–Kier alpha value is -2.51. The van der Waals surface area contributed by atoms with Crippen molar-refractivity contribution >= 4 is 23.3 Å². The van der Waals surface area contributed by atoms with E-state index < -0.39 is 0 Å². The van der Waals surface area contributed by atoms with Crippen molar-refractivity contribution < 1.29 is 54.6 Å². The first-order valence-electron chi connectivity index (χ1n) is 14.8. The molecule has 3 rings (SSSR count). The maximum atomic E-state index is 13.1. The van der Waals surface area contributed by atoms with Crippen LogP contribution in [0.25, 0.3) is 11.0 Å². The zero-order valence-corrected chi connectivity index (χ0v) is 32.6. The summed E-state index contributed by atoms with van der Waals surface area (Å²) >= 11 is 0. The van der Waals surface area contributed by atoms with Crippen molar-refractivity contribution in [3.8, 4) is 0 Å². The van der Waals surface area contributed by atoms with E-state index in [1.165, 1.54) is 25.2 Å². The van der Waals surface area contributed by atoms with Crippen molar-refractivity contribution in [1.82, 2.24) is 15.2 Å². The van der Waals surface area contributed by atoms with Gasteiger partial charge in [-0.25, -0.2) is 4.39 Å². The average molecular weight is 841 g/mol. The van der Waals surface area contributed by atoms with Crippen LogP contribution in [0.2, 0.25) is 0 Å². The molecule has 0 aliphatic heterocycles. The van der Waals surface area contributed by atoms with E-state index >= 15 is 0 Å². The summed E-state index contributed by atoms with van der Waals surface area (Å²) in [7, 11) is 1.50. The maximum absolute atomic E-state index is 13.1. The standard InChI is InChI=1S/C16H16FNO2.C8H10N2O.C5H12O.2C2H6.CH5N.U/c1-4-5-8-18(11(2)3)16(19)15-10-12-9-13(17)6-7-14(12)20-15;1-7-3-2-4-10-8(7)5-9-6-11;1-5(2)3-4-6;3*1-2;/h4-7,9,11H,2,8H2,1,3H3;2-4,6H,5H2,1H3,(H,9,11);5-6H,3-4H2,1-2H3;2*1-2H3;2H2,1H3;/q-2;;;;;;+2/b5-4+;;;;;;. The summed E-state index contributed by atoms with van der Waals surface area (Å²) < 4.78 is 18.6. The molecule has 0 radical (unpaired) electrons. The summed E-state index contributed by atoms with van der Waals surface area (Å²) in [4.78, 5) is 28.0. The second-order valence-corrected chi connectivity index (χ2v) is 8.74. The normalized spacial score (nSPS) is 9.98. The molecule has 0 spiro atoms. The molecular formula is C34H55FN4O4U. The van der Waals surface area contributed by atoms with E-state index in [9.17, 15) is 14.0 Å². The summed E-state index contributed by atoms with van der Waals surface area (Å²) in [6.45, 7) is 23.0. The number of nitrogens with two attached hydrogens (primary N) is 1. The van der Waals surface area contributed by atoms with Gasteiger partial charge in [0.25, 0.3) is 0 Å². The van der Waals surface area contributed by atoms with Gasteiger partial charge in [-0.15, -0.1) is 11.4 Å². The van der Waals surface area contributed by atoms with Crippen LogP contribution in [0.5, 0.6) is 0 Å². The number of carbonyl (C=O) groups excluding carboxylic acids is 2. The van der Waals surface area contributed by atoms with Gasteiger partial charge in [0, 0.05) is 24.9 Å². The fraction of sp³-hybridized carbons (Fsp3) is 0.471. The summed E-state index contributed by atoms with van der Waals surface area (Å²) in [6.07, 6.45) is 7.05. The topological polar surface area (TPSA) is 122 Å². The van der Waals surface area contributed by atoms with E-state index in [1.54, 1.807) is 11.1 Å². The van der Waals surface area contributed by atoms with E-state index in [0.29, 0.717) is 43.0 Å². The van der Waals surface area contributed by atoms with Gasteiger partial charge in [0.2, 0.25) is 12.3 Å². The van der Waals surface area contributed by atoms with E-state index in [2.05, 4.69) is 42.9 Å². The Balaban J connectivity index is -0.000000282. The molecule has 8 nitrogen and oxygen atoms in total. The van der Waals surface area contributed by atoms with Gasteiger partial charge in [0.1, 0.15) is 0 Å². The van der Waals surface area contributed by atoms with Crippen molar-refractivity contribution in [2.75, 3.05) is 20.2 Å². The molecule has 1 atom stereocenters. The first-order valence-corrected chi connectivity index (χ1v) is 14.8. The molecule has 4 N–H and O–H groups in total. The number of allylic oxidation sites excluding steroid dienone is 1. The molecule has 0 bridgehead atoms. The number of furan rings is 1. The molecule has 0 saturated carbocycles. The number of aliphatic hydroxyl groups is 1. The van der Waals surface area contributed by atoms with Crippen molar-refractivity contribution in [1.29, 1.82) is 0 Å². The van der Waals surface area contributed by atoms with Gasteiger partial charge in [-0.1, -0.05) is 84.9 Å². The summed E-state index contributed by atoms with van der Waals surface area (Å²) in [6, 6.07) is 10.5. The predicted molar refractivity (Wildman–Crippen MR) is 177 cm³/mol. The molecule has 1 aromatic carbocycles.